The van der Waals surface area contributed by atoms with Gasteiger partial charge in [-0.15, -0.1) is 0 Å². The smallest absolute Gasteiger partial charge is 0.211 e. The molecule has 118 valence electrons. The van der Waals surface area contributed by atoms with Gasteiger partial charge in [-0.1, -0.05) is 23.7 Å². The van der Waals surface area contributed by atoms with Crippen LogP contribution in [0.1, 0.15) is 16.1 Å². The Labute approximate surface area is 139 Å². The van der Waals surface area contributed by atoms with E-state index in [0.29, 0.717) is 35.2 Å². The number of aryl methyl sites for hydroxylation is 1. The highest BCUT2D eigenvalue weighted by atomic mass is 35.5. The van der Waals surface area contributed by atoms with Gasteiger partial charge in [0.15, 0.2) is 11.5 Å². The van der Waals surface area contributed by atoms with Gasteiger partial charge in [0, 0.05) is 36.8 Å². The highest BCUT2D eigenvalue weighted by Gasteiger charge is 2.21. The summed E-state index contributed by atoms with van der Waals surface area (Å²) < 4.78 is 6.88. The number of carbonyl (C=O) groups is 1. The van der Waals surface area contributed by atoms with Crippen LogP contribution in [-0.4, -0.2) is 41.9 Å². The fourth-order valence-electron chi connectivity index (χ4n) is 2.51. The summed E-state index contributed by atoms with van der Waals surface area (Å²) in [6.45, 7) is 9.87. The Morgan fingerprint density at radius 3 is 2.78 bits per heavy atom. The molecule has 0 radical (unpaired) electrons. The van der Waals surface area contributed by atoms with Crippen LogP contribution in [0.3, 0.4) is 0 Å². The van der Waals surface area contributed by atoms with Crippen molar-refractivity contribution < 1.29 is 9.53 Å². The lowest BCUT2D eigenvalue weighted by Crippen LogP contribution is -2.36. The molecule has 0 bridgehead atoms. The summed E-state index contributed by atoms with van der Waals surface area (Å²) >= 11 is 6.13. The molecule has 1 aliphatic heterocycles. The third-order valence-electron chi connectivity index (χ3n) is 3.76. The second-order valence-corrected chi connectivity index (χ2v) is 5.62. The average molecular weight is 331 g/mol. The van der Waals surface area contributed by atoms with Crippen molar-refractivity contribution in [3.8, 4) is 0 Å². The lowest BCUT2D eigenvalue weighted by molar-refractivity contribution is 0.103. The van der Waals surface area contributed by atoms with Crippen molar-refractivity contribution in [2.24, 2.45) is 7.05 Å². The lowest BCUT2D eigenvalue weighted by Gasteiger charge is -2.26. The number of benzene rings is 1. The highest BCUT2D eigenvalue weighted by Crippen LogP contribution is 2.26. The van der Waals surface area contributed by atoms with E-state index in [1.165, 1.54) is 6.07 Å². The van der Waals surface area contributed by atoms with Gasteiger partial charge in [-0.05, 0) is 6.07 Å². The minimum absolute atomic E-state index is 0.241. The summed E-state index contributed by atoms with van der Waals surface area (Å²) in [5, 5.41) is 4.75. The molecular formula is C16H15ClN4O2. The van der Waals surface area contributed by atoms with Crippen LogP contribution in [0.25, 0.3) is 4.85 Å². The normalized spacial score (nSPS) is 14.6. The molecule has 2 aromatic rings. The summed E-state index contributed by atoms with van der Waals surface area (Å²) in [4.78, 5) is 18.2. The number of rotatable bonds is 3. The first-order valence-electron chi connectivity index (χ1n) is 7.18. The quantitative estimate of drug-likeness (QED) is 0.641. The number of anilines is 1. The molecular weight excluding hydrogens is 316 g/mol. The molecule has 1 saturated heterocycles. The molecule has 0 unspecified atom stereocenters. The maximum atomic E-state index is 12.8. The molecule has 0 spiro atoms. The third-order valence-corrected chi connectivity index (χ3v) is 4.09. The van der Waals surface area contributed by atoms with Crippen molar-refractivity contribution in [1.29, 1.82) is 0 Å². The molecule has 3 rings (SSSR count). The summed E-state index contributed by atoms with van der Waals surface area (Å²) in [6.07, 6.45) is 0. The van der Waals surface area contributed by atoms with E-state index in [9.17, 15) is 4.79 Å². The Kier molecular flexibility index (Phi) is 4.33. The first-order valence-corrected chi connectivity index (χ1v) is 7.56. The van der Waals surface area contributed by atoms with E-state index in [4.69, 9.17) is 22.9 Å². The summed E-state index contributed by atoms with van der Waals surface area (Å²) in [7, 11) is 1.73. The second-order valence-electron chi connectivity index (χ2n) is 5.22. The zero-order valence-corrected chi connectivity index (χ0v) is 13.4. The topological polar surface area (TPSA) is 51.7 Å². The fraction of sp³-hybridized carbons (Fsp3) is 0.312. The maximum Gasteiger partial charge on any atom is 0.211 e. The minimum Gasteiger partial charge on any atom is -0.378 e. The third kappa shape index (κ3) is 3.07. The molecule has 2 heterocycles. The fourth-order valence-corrected chi connectivity index (χ4v) is 2.71. The molecule has 0 amide bonds. The van der Waals surface area contributed by atoms with E-state index in [0.717, 1.165) is 18.9 Å². The zero-order valence-electron chi connectivity index (χ0n) is 12.6. The SMILES string of the molecule is [C-]#[N+]c1ccc(Cl)c(C(=O)c2cc(N3CCOCC3)nn2C)c1. The van der Waals surface area contributed by atoms with Gasteiger partial charge in [0.25, 0.3) is 0 Å². The first-order chi connectivity index (χ1) is 11.1. The van der Waals surface area contributed by atoms with E-state index in [1.807, 2.05) is 0 Å². The Hall–Kier alpha value is -2.36. The minimum atomic E-state index is -0.241. The number of halogens is 1. The summed E-state index contributed by atoms with van der Waals surface area (Å²) in [6, 6.07) is 6.43. The summed E-state index contributed by atoms with van der Waals surface area (Å²) in [5.74, 6) is 0.506. The number of aromatic nitrogens is 2. The van der Waals surface area contributed by atoms with Gasteiger partial charge in [0.05, 0.1) is 19.8 Å². The number of hydrogen-bond acceptors (Lipinski definition) is 4. The van der Waals surface area contributed by atoms with Gasteiger partial charge in [-0.3, -0.25) is 9.48 Å². The zero-order chi connectivity index (χ0) is 16.4. The predicted octanol–water partition coefficient (Wildman–Crippen LogP) is 2.69. The van der Waals surface area contributed by atoms with E-state index in [2.05, 4.69) is 14.8 Å². The molecule has 23 heavy (non-hydrogen) atoms. The van der Waals surface area contributed by atoms with Crippen LogP contribution >= 0.6 is 11.6 Å². The number of nitrogens with zero attached hydrogens (tertiary/aromatic N) is 4. The molecule has 0 atom stereocenters. The number of hydrogen-bond donors (Lipinski definition) is 0. The number of ketones is 1. The van der Waals surface area contributed by atoms with Crippen molar-refractivity contribution in [1.82, 2.24) is 9.78 Å². The predicted molar refractivity (Wildman–Crippen MR) is 87.4 cm³/mol. The Morgan fingerprint density at radius 1 is 1.35 bits per heavy atom. The van der Waals surface area contributed by atoms with Crippen molar-refractivity contribution in [2.45, 2.75) is 0 Å². The molecule has 1 aromatic heterocycles. The molecule has 1 aliphatic rings. The standard InChI is InChI=1S/C16H15ClN4O2/c1-18-11-3-4-13(17)12(9-11)16(22)14-10-15(19-20(14)2)21-5-7-23-8-6-21/h3-4,9-10H,5-8H2,2H3. The van der Waals surface area contributed by atoms with E-state index < -0.39 is 0 Å². The van der Waals surface area contributed by atoms with Gasteiger partial charge in [0.2, 0.25) is 5.78 Å². The highest BCUT2D eigenvalue weighted by molar-refractivity contribution is 6.35. The van der Waals surface area contributed by atoms with Crippen LogP contribution in [0.5, 0.6) is 0 Å². The Bertz CT molecular complexity index is 788. The molecule has 0 N–H and O–H groups in total. The van der Waals surface area contributed by atoms with E-state index >= 15 is 0 Å². The van der Waals surface area contributed by atoms with Crippen molar-refractivity contribution >= 4 is 28.9 Å². The van der Waals surface area contributed by atoms with E-state index in [-0.39, 0.29) is 5.78 Å². The lowest BCUT2D eigenvalue weighted by atomic mass is 10.1. The summed E-state index contributed by atoms with van der Waals surface area (Å²) in [5.41, 5.74) is 1.14. The van der Waals surface area contributed by atoms with Crippen LogP contribution in [0.4, 0.5) is 11.5 Å². The first kappa shape index (κ1) is 15.5. The Morgan fingerprint density at radius 2 is 2.09 bits per heavy atom. The van der Waals surface area contributed by atoms with Crippen LogP contribution in [0.15, 0.2) is 24.3 Å². The average Bonchev–Trinajstić information content (AvgIpc) is 2.97. The molecule has 0 saturated carbocycles. The van der Waals surface area contributed by atoms with Gasteiger partial charge in [-0.25, -0.2) is 4.85 Å². The monoisotopic (exact) mass is 330 g/mol. The van der Waals surface area contributed by atoms with Crippen molar-refractivity contribution in [3.05, 3.63) is 52.0 Å². The number of morpholine rings is 1. The molecule has 0 aliphatic carbocycles. The second kappa shape index (κ2) is 6.41. The van der Waals surface area contributed by atoms with Gasteiger partial charge < -0.3 is 9.64 Å². The van der Waals surface area contributed by atoms with Crippen molar-refractivity contribution in [2.75, 3.05) is 31.2 Å². The number of carbonyl (C=O) groups excluding carboxylic acids is 1. The van der Waals surface area contributed by atoms with Crippen LogP contribution in [-0.2, 0) is 11.8 Å². The van der Waals surface area contributed by atoms with Gasteiger partial charge >= 0.3 is 0 Å². The van der Waals surface area contributed by atoms with Gasteiger partial charge in [-0.2, -0.15) is 5.10 Å². The maximum absolute atomic E-state index is 12.8. The van der Waals surface area contributed by atoms with Crippen molar-refractivity contribution in [3.63, 3.8) is 0 Å². The molecule has 1 fully saturated rings. The molecule has 6 nitrogen and oxygen atoms in total. The molecule has 7 heteroatoms. The van der Waals surface area contributed by atoms with Gasteiger partial charge in [0.1, 0.15) is 5.69 Å². The van der Waals surface area contributed by atoms with Crippen LogP contribution < -0.4 is 4.90 Å². The Balaban J connectivity index is 1.94. The number of ether oxygens (including phenoxy) is 1. The van der Waals surface area contributed by atoms with Crippen LogP contribution in [0, 0.1) is 6.57 Å². The molecule has 1 aromatic carbocycles. The van der Waals surface area contributed by atoms with E-state index in [1.54, 1.807) is 29.9 Å². The largest absolute Gasteiger partial charge is 0.378 e. The van der Waals surface area contributed by atoms with Crippen LogP contribution in [0.2, 0.25) is 5.02 Å².